The number of benzene rings is 1. The van der Waals surface area contributed by atoms with Crippen LogP contribution in [0.1, 0.15) is 5.56 Å². The van der Waals surface area contributed by atoms with Crippen molar-refractivity contribution in [2.75, 3.05) is 27.2 Å². The van der Waals surface area contributed by atoms with Crippen molar-refractivity contribution in [3.63, 3.8) is 0 Å². The predicted molar refractivity (Wildman–Crippen MR) is 55.7 cm³/mol. The fourth-order valence-electron chi connectivity index (χ4n) is 0.963. The van der Waals surface area contributed by atoms with Crippen LogP contribution in [0.15, 0.2) is 30.3 Å². The molecule has 0 amide bonds. The van der Waals surface area contributed by atoms with Gasteiger partial charge in [-0.3, -0.25) is 0 Å². The lowest BCUT2D eigenvalue weighted by Gasteiger charge is -2.08. The lowest BCUT2D eigenvalue weighted by Crippen LogP contribution is -2.18. The first-order valence-corrected chi connectivity index (χ1v) is 4.72. The van der Waals surface area contributed by atoms with Gasteiger partial charge in [0.15, 0.2) is 0 Å². The van der Waals surface area contributed by atoms with Gasteiger partial charge in [-0.05, 0) is 19.7 Å². The third-order valence-corrected chi connectivity index (χ3v) is 1.77. The van der Waals surface area contributed by atoms with E-state index in [1.54, 1.807) is 0 Å². The van der Waals surface area contributed by atoms with Crippen molar-refractivity contribution in [2.24, 2.45) is 0 Å². The lowest BCUT2D eigenvalue weighted by molar-refractivity contribution is -0.304. The molecule has 3 heteroatoms. The minimum Gasteiger partial charge on any atom is -0.307 e. The van der Waals surface area contributed by atoms with Gasteiger partial charge in [0.25, 0.3) is 0 Å². The van der Waals surface area contributed by atoms with Gasteiger partial charge in [0, 0.05) is 6.54 Å². The van der Waals surface area contributed by atoms with E-state index in [-0.39, 0.29) is 0 Å². The van der Waals surface area contributed by atoms with Gasteiger partial charge in [0.2, 0.25) is 0 Å². The minimum atomic E-state index is 0.508. The number of nitrogens with zero attached hydrogens (tertiary/aromatic N) is 1. The summed E-state index contributed by atoms with van der Waals surface area (Å²) in [6.07, 6.45) is 0. The van der Waals surface area contributed by atoms with Crippen LogP contribution < -0.4 is 0 Å². The van der Waals surface area contributed by atoms with E-state index in [4.69, 9.17) is 9.78 Å². The van der Waals surface area contributed by atoms with E-state index in [0.29, 0.717) is 13.2 Å². The molecule has 3 nitrogen and oxygen atoms in total. The molecule has 0 saturated heterocycles. The van der Waals surface area contributed by atoms with E-state index in [1.165, 1.54) is 0 Å². The van der Waals surface area contributed by atoms with Crippen molar-refractivity contribution in [1.29, 1.82) is 0 Å². The molecule has 0 aromatic heterocycles. The molecule has 0 fully saturated rings. The molecule has 0 bridgehead atoms. The monoisotopic (exact) mass is 195 g/mol. The molecule has 1 aromatic rings. The summed E-state index contributed by atoms with van der Waals surface area (Å²) in [5.74, 6) is 0. The first kappa shape index (κ1) is 11.2. The molecule has 0 spiro atoms. The maximum absolute atomic E-state index is 5.04. The van der Waals surface area contributed by atoms with Gasteiger partial charge >= 0.3 is 0 Å². The summed E-state index contributed by atoms with van der Waals surface area (Å²) in [4.78, 5) is 12.1. The van der Waals surface area contributed by atoms with Gasteiger partial charge in [0.1, 0.15) is 6.61 Å². The molecule has 0 aliphatic heterocycles. The highest BCUT2D eigenvalue weighted by Gasteiger charge is 1.93. The van der Waals surface area contributed by atoms with Crippen molar-refractivity contribution >= 4 is 0 Å². The zero-order valence-electron chi connectivity index (χ0n) is 8.77. The van der Waals surface area contributed by atoms with Crippen LogP contribution in [0.2, 0.25) is 0 Å². The van der Waals surface area contributed by atoms with Crippen molar-refractivity contribution in [3.05, 3.63) is 35.9 Å². The van der Waals surface area contributed by atoms with Gasteiger partial charge in [-0.25, -0.2) is 9.78 Å². The molecule has 0 saturated carbocycles. The Kier molecular flexibility index (Phi) is 5.22. The molecule has 0 N–H and O–H groups in total. The summed E-state index contributed by atoms with van der Waals surface area (Å²) in [6, 6.07) is 9.97. The second-order valence-electron chi connectivity index (χ2n) is 3.37. The predicted octanol–water partition coefficient (Wildman–Crippen LogP) is 1.70. The Bertz CT molecular complexity index is 236. The topological polar surface area (TPSA) is 21.7 Å². The average Bonchev–Trinajstić information content (AvgIpc) is 2.18. The van der Waals surface area contributed by atoms with Gasteiger partial charge in [-0.2, -0.15) is 0 Å². The van der Waals surface area contributed by atoms with Crippen molar-refractivity contribution in [2.45, 2.75) is 6.61 Å². The second-order valence-corrected chi connectivity index (χ2v) is 3.37. The molecule has 0 aliphatic carbocycles. The van der Waals surface area contributed by atoms with Crippen molar-refractivity contribution in [3.8, 4) is 0 Å². The Morgan fingerprint density at radius 1 is 1.07 bits per heavy atom. The smallest absolute Gasteiger partial charge is 0.107 e. The Morgan fingerprint density at radius 2 is 1.79 bits per heavy atom. The van der Waals surface area contributed by atoms with E-state index in [0.717, 1.165) is 12.1 Å². The number of rotatable bonds is 6. The van der Waals surface area contributed by atoms with Gasteiger partial charge in [-0.1, -0.05) is 30.3 Å². The summed E-state index contributed by atoms with van der Waals surface area (Å²) in [7, 11) is 4.00. The van der Waals surface area contributed by atoms with Gasteiger partial charge in [-0.15, -0.1) is 0 Å². The minimum absolute atomic E-state index is 0.508. The summed E-state index contributed by atoms with van der Waals surface area (Å²) in [5, 5.41) is 0. The lowest BCUT2D eigenvalue weighted by atomic mass is 10.2. The highest BCUT2D eigenvalue weighted by Crippen LogP contribution is 2.00. The Morgan fingerprint density at radius 3 is 2.43 bits per heavy atom. The second kappa shape index (κ2) is 6.54. The molecule has 1 aromatic carbocycles. The molecule has 78 valence electrons. The van der Waals surface area contributed by atoms with Crippen LogP contribution in [-0.2, 0) is 16.4 Å². The zero-order chi connectivity index (χ0) is 10.2. The third-order valence-electron chi connectivity index (χ3n) is 1.77. The first-order valence-electron chi connectivity index (χ1n) is 4.72. The van der Waals surface area contributed by atoms with E-state index in [9.17, 15) is 0 Å². The fourth-order valence-corrected chi connectivity index (χ4v) is 0.963. The van der Waals surface area contributed by atoms with Crippen LogP contribution in [-0.4, -0.2) is 32.1 Å². The van der Waals surface area contributed by atoms with Crippen LogP contribution in [0, 0.1) is 0 Å². The Labute approximate surface area is 85.2 Å². The standard InChI is InChI=1S/C11H17NO2/c1-12(2)8-9-13-14-10-11-6-4-3-5-7-11/h3-7H,8-10H2,1-2H3. The van der Waals surface area contributed by atoms with Crippen LogP contribution in [0.4, 0.5) is 0 Å². The number of likely N-dealkylation sites (N-methyl/N-ethyl adjacent to an activating group) is 1. The summed E-state index contributed by atoms with van der Waals surface area (Å²) >= 11 is 0. The van der Waals surface area contributed by atoms with E-state index in [2.05, 4.69) is 0 Å². The fraction of sp³-hybridized carbons (Fsp3) is 0.455. The van der Waals surface area contributed by atoms with E-state index >= 15 is 0 Å². The van der Waals surface area contributed by atoms with Gasteiger partial charge < -0.3 is 4.90 Å². The molecule has 0 unspecified atom stereocenters. The number of hydrogen-bond donors (Lipinski definition) is 0. The first-order chi connectivity index (χ1) is 6.79. The van der Waals surface area contributed by atoms with Crippen LogP contribution in [0.3, 0.4) is 0 Å². The SMILES string of the molecule is CN(C)CCOOCc1ccccc1. The van der Waals surface area contributed by atoms with Crippen molar-refractivity contribution < 1.29 is 9.78 Å². The normalized spacial score (nSPS) is 10.8. The molecular weight excluding hydrogens is 178 g/mol. The summed E-state index contributed by atoms with van der Waals surface area (Å²) in [6.45, 7) is 1.98. The average molecular weight is 195 g/mol. The largest absolute Gasteiger partial charge is 0.307 e. The van der Waals surface area contributed by atoms with Gasteiger partial charge in [0.05, 0.1) is 6.61 Å². The number of hydrogen-bond acceptors (Lipinski definition) is 3. The molecule has 0 heterocycles. The van der Waals surface area contributed by atoms with Crippen molar-refractivity contribution in [1.82, 2.24) is 4.90 Å². The van der Waals surface area contributed by atoms with E-state index < -0.39 is 0 Å². The maximum Gasteiger partial charge on any atom is 0.107 e. The summed E-state index contributed by atoms with van der Waals surface area (Å²) < 4.78 is 0. The quantitative estimate of drug-likeness (QED) is 0.392. The third kappa shape index (κ3) is 4.97. The zero-order valence-corrected chi connectivity index (χ0v) is 8.77. The Hall–Kier alpha value is -0.900. The van der Waals surface area contributed by atoms with Crippen LogP contribution in [0.5, 0.6) is 0 Å². The summed E-state index contributed by atoms with van der Waals surface area (Å²) in [5.41, 5.74) is 1.12. The van der Waals surface area contributed by atoms with E-state index in [1.807, 2.05) is 49.3 Å². The van der Waals surface area contributed by atoms with Crippen LogP contribution >= 0.6 is 0 Å². The highest BCUT2D eigenvalue weighted by molar-refractivity contribution is 5.13. The van der Waals surface area contributed by atoms with Crippen LogP contribution in [0.25, 0.3) is 0 Å². The molecule has 1 rings (SSSR count). The molecule has 0 atom stereocenters. The molecular formula is C11H17NO2. The Balaban J connectivity index is 2.05. The molecule has 0 aliphatic rings. The highest BCUT2D eigenvalue weighted by atomic mass is 17.2. The molecule has 0 radical (unpaired) electrons. The maximum atomic E-state index is 5.04. The molecule has 14 heavy (non-hydrogen) atoms.